The van der Waals surface area contributed by atoms with E-state index in [0.29, 0.717) is 31.9 Å². The van der Waals surface area contributed by atoms with Gasteiger partial charge in [0.25, 0.3) is 5.91 Å². The number of aryl methyl sites for hydroxylation is 1. The molecule has 0 aliphatic carbocycles. The van der Waals surface area contributed by atoms with Crippen molar-refractivity contribution in [3.8, 4) is 0 Å². The molecule has 2 unspecified atom stereocenters. The monoisotopic (exact) mass is 424 g/mol. The van der Waals surface area contributed by atoms with Crippen LogP contribution in [0.15, 0.2) is 41.1 Å². The fourth-order valence-corrected chi connectivity index (χ4v) is 4.41. The smallest absolute Gasteiger partial charge is 0.290 e. The molecular weight excluding hydrogens is 396 g/mol. The van der Waals surface area contributed by atoms with Gasteiger partial charge in [0.05, 0.1) is 12.2 Å². The van der Waals surface area contributed by atoms with Gasteiger partial charge in [-0.05, 0) is 62.8 Å². The van der Waals surface area contributed by atoms with Crippen LogP contribution in [0.25, 0.3) is 0 Å². The number of rotatable bonds is 4. The number of nitrogens with zero attached hydrogens (tertiary/aromatic N) is 3. The van der Waals surface area contributed by atoms with E-state index < -0.39 is 6.04 Å². The summed E-state index contributed by atoms with van der Waals surface area (Å²) in [6, 6.07) is 6.51. The molecule has 8 nitrogen and oxygen atoms in total. The van der Waals surface area contributed by atoms with E-state index in [4.69, 9.17) is 4.42 Å². The van der Waals surface area contributed by atoms with Crippen molar-refractivity contribution in [2.75, 3.05) is 25.0 Å². The van der Waals surface area contributed by atoms with Gasteiger partial charge in [0.1, 0.15) is 11.9 Å². The minimum absolute atomic E-state index is 0.0777. The number of nitrogens with one attached hydrogen (secondary N) is 1. The molecule has 8 heteroatoms. The highest BCUT2D eigenvalue weighted by Crippen LogP contribution is 2.25. The zero-order chi connectivity index (χ0) is 21.8. The molecule has 2 atom stereocenters. The van der Waals surface area contributed by atoms with E-state index in [9.17, 15) is 14.4 Å². The van der Waals surface area contributed by atoms with Crippen LogP contribution in [-0.4, -0.2) is 58.2 Å². The van der Waals surface area contributed by atoms with Crippen molar-refractivity contribution in [1.29, 1.82) is 0 Å². The van der Waals surface area contributed by atoms with Crippen molar-refractivity contribution in [2.24, 2.45) is 5.92 Å². The van der Waals surface area contributed by atoms with Crippen LogP contribution in [-0.2, 0) is 9.59 Å². The highest BCUT2D eigenvalue weighted by Gasteiger charge is 2.38. The Morgan fingerprint density at radius 3 is 2.74 bits per heavy atom. The number of hydrogen-bond donors (Lipinski definition) is 1. The number of carbonyl (C=O) groups is 3. The van der Waals surface area contributed by atoms with Crippen LogP contribution < -0.4 is 5.32 Å². The second-order valence-electron chi connectivity index (χ2n) is 8.27. The summed E-state index contributed by atoms with van der Waals surface area (Å²) >= 11 is 0. The lowest BCUT2D eigenvalue weighted by molar-refractivity contribution is -0.140. The first-order valence-corrected chi connectivity index (χ1v) is 10.9. The summed E-state index contributed by atoms with van der Waals surface area (Å²) in [5, 5.41) is 2.90. The van der Waals surface area contributed by atoms with Crippen molar-refractivity contribution in [1.82, 2.24) is 14.8 Å². The van der Waals surface area contributed by atoms with Crippen LogP contribution in [0.2, 0.25) is 0 Å². The summed E-state index contributed by atoms with van der Waals surface area (Å²) in [6.07, 6.45) is 6.98. The molecule has 0 aromatic carbocycles. The molecule has 2 fully saturated rings. The van der Waals surface area contributed by atoms with Crippen molar-refractivity contribution < 1.29 is 18.8 Å². The zero-order valence-corrected chi connectivity index (χ0v) is 17.8. The second kappa shape index (κ2) is 9.32. The first kappa shape index (κ1) is 21.1. The summed E-state index contributed by atoms with van der Waals surface area (Å²) in [5.74, 6) is 0.0641. The quantitative estimate of drug-likeness (QED) is 0.814. The van der Waals surface area contributed by atoms with Gasteiger partial charge in [0.2, 0.25) is 11.8 Å². The van der Waals surface area contributed by atoms with Crippen LogP contribution in [0.5, 0.6) is 0 Å². The van der Waals surface area contributed by atoms with Crippen LogP contribution in [0.3, 0.4) is 0 Å². The Hall–Kier alpha value is -3.16. The largest absolute Gasteiger partial charge is 0.459 e. The minimum atomic E-state index is -0.508. The van der Waals surface area contributed by atoms with Crippen molar-refractivity contribution >= 4 is 23.5 Å². The molecule has 2 aliphatic rings. The third kappa shape index (κ3) is 4.62. The number of likely N-dealkylation sites (tertiary alicyclic amines) is 2. The van der Waals surface area contributed by atoms with Crippen LogP contribution in [0.1, 0.15) is 48.2 Å². The van der Waals surface area contributed by atoms with Crippen LogP contribution >= 0.6 is 0 Å². The number of hydrogen-bond acceptors (Lipinski definition) is 5. The molecule has 2 saturated heterocycles. The zero-order valence-electron chi connectivity index (χ0n) is 17.8. The van der Waals surface area contributed by atoms with Crippen molar-refractivity contribution in [3.05, 3.63) is 48.0 Å². The van der Waals surface area contributed by atoms with E-state index in [-0.39, 0.29) is 29.4 Å². The maximum absolute atomic E-state index is 13.4. The number of aromatic nitrogens is 1. The molecule has 0 spiro atoms. The van der Waals surface area contributed by atoms with Gasteiger partial charge in [0, 0.05) is 25.8 Å². The van der Waals surface area contributed by atoms with Crippen LogP contribution in [0, 0.1) is 12.8 Å². The summed E-state index contributed by atoms with van der Waals surface area (Å²) in [5.41, 5.74) is 0.897. The Morgan fingerprint density at radius 2 is 1.97 bits per heavy atom. The fraction of sp³-hybridized carbons (Fsp3) is 0.478. The topological polar surface area (TPSA) is 95.8 Å². The third-order valence-corrected chi connectivity index (χ3v) is 6.14. The van der Waals surface area contributed by atoms with Gasteiger partial charge in [-0.2, -0.15) is 0 Å². The molecule has 2 aromatic rings. The highest BCUT2D eigenvalue weighted by atomic mass is 16.3. The molecular formula is C23H28N4O4. The minimum Gasteiger partial charge on any atom is -0.459 e. The van der Waals surface area contributed by atoms with Gasteiger partial charge in [-0.1, -0.05) is 6.07 Å². The first-order valence-electron chi connectivity index (χ1n) is 10.9. The van der Waals surface area contributed by atoms with E-state index in [0.717, 1.165) is 31.2 Å². The van der Waals surface area contributed by atoms with Crippen molar-refractivity contribution in [3.63, 3.8) is 0 Å². The second-order valence-corrected chi connectivity index (χ2v) is 8.27. The Morgan fingerprint density at radius 1 is 1.10 bits per heavy atom. The lowest BCUT2D eigenvalue weighted by atomic mass is 9.94. The molecule has 2 aliphatic heterocycles. The Kier molecular flexibility index (Phi) is 6.34. The van der Waals surface area contributed by atoms with E-state index in [1.807, 2.05) is 19.1 Å². The normalized spacial score (nSPS) is 21.6. The molecule has 1 N–H and O–H groups in total. The average Bonchev–Trinajstić information content (AvgIpc) is 3.35. The van der Waals surface area contributed by atoms with Gasteiger partial charge in [0.15, 0.2) is 5.76 Å². The molecule has 0 bridgehead atoms. The van der Waals surface area contributed by atoms with E-state index in [1.54, 1.807) is 28.1 Å². The predicted octanol–water partition coefficient (Wildman–Crippen LogP) is 2.86. The highest BCUT2D eigenvalue weighted by molar-refractivity contribution is 5.96. The number of piperidine rings is 2. The van der Waals surface area contributed by atoms with Gasteiger partial charge in [-0.25, -0.2) is 4.98 Å². The Labute approximate surface area is 181 Å². The molecule has 2 aromatic heterocycles. The van der Waals surface area contributed by atoms with E-state index in [1.165, 1.54) is 6.26 Å². The maximum Gasteiger partial charge on any atom is 0.290 e. The lowest BCUT2D eigenvalue weighted by Crippen LogP contribution is -2.55. The lowest BCUT2D eigenvalue weighted by Gasteiger charge is -2.39. The number of anilines is 1. The fourth-order valence-electron chi connectivity index (χ4n) is 4.41. The maximum atomic E-state index is 13.4. The van der Waals surface area contributed by atoms with Gasteiger partial charge < -0.3 is 19.5 Å². The Bertz CT molecular complexity index is 943. The Balaban J connectivity index is 1.43. The number of carbonyl (C=O) groups excluding carboxylic acids is 3. The standard InChI is InChI=1S/C23H28N4O4/c1-16-7-4-11-24-20(16)25-21(28)17-8-5-12-26(15-17)22(29)18-9-2-3-13-27(18)23(30)19-10-6-14-31-19/h4,6-7,10-11,14,17-18H,2-3,5,8-9,12-13,15H2,1H3,(H,24,25,28). The van der Waals surface area contributed by atoms with Gasteiger partial charge in [-0.3, -0.25) is 14.4 Å². The SMILES string of the molecule is Cc1cccnc1NC(=O)C1CCCN(C(=O)C2CCCCN2C(=O)c2ccco2)C1. The van der Waals surface area contributed by atoms with Crippen molar-refractivity contribution in [2.45, 2.75) is 45.1 Å². The summed E-state index contributed by atoms with van der Waals surface area (Å²) in [6.45, 7) is 3.39. The summed E-state index contributed by atoms with van der Waals surface area (Å²) in [7, 11) is 0. The number of amides is 3. The molecule has 31 heavy (non-hydrogen) atoms. The van der Waals surface area contributed by atoms with Crippen LogP contribution in [0.4, 0.5) is 5.82 Å². The number of pyridine rings is 1. The van der Waals surface area contributed by atoms with E-state index in [2.05, 4.69) is 10.3 Å². The molecule has 164 valence electrons. The molecule has 4 heterocycles. The summed E-state index contributed by atoms with van der Waals surface area (Å²) < 4.78 is 5.26. The van der Waals surface area contributed by atoms with E-state index >= 15 is 0 Å². The molecule has 4 rings (SSSR count). The first-order chi connectivity index (χ1) is 15.0. The van der Waals surface area contributed by atoms with Gasteiger partial charge in [-0.15, -0.1) is 0 Å². The molecule has 0 saturated carbocycles. The summed E-state index contributed by atoms with van der Waals surface area (Å²) in [4.78, 5) is 46.7. The third-order valence-electron chi connectivity index (χ3n) is 6.14. The molecule has 3 amide bonds. The predicted molar refractivity (Wildman–Crippen MR) is 114 cm³/mol. The number of furan rings is 1. The van der Waals surface area contributed by atoms with Gasteiger partial charge >= 0.3 is 0 Å². The molecule has 0 radical (unpaired) electrons. The average molecular weight is 425 g/mol.